The molecule has 2 aromatic carbocycles. The van der Waals surface area contributed by atoms with Crippen molar-refractivity contribution in [1.82, 2.24) is 5.32 Å². The zero-order valence-electron chi connectivity index (χ0n) is 12.9. The van der Waals surface area contributed by atoms with Gasteiger partial charge in [-0.25, -0.2) is 8.42 Å². The van der Waals surface area contributed by atoms with Crippen molar-refractivity contribution >= 4 is 27.3 Å². The molecule has 0 unspecified atom stereocenters. The molecular weight excluding hydrogens is 334 g/mol. The molecule has 0 aliphatic rings. The van der Waals surface area contributed by atoms with Gasteiger partial charge in [0, 0.05) is 16.8 Å². The molecule has 122 valence electrons. The number of halogens is 1. The summed E-state index contributed by atoms with van der Waals surface area (Å²) in [6.07, 6.45) is 1.87. The molecule has 6 heteroatoms. The van der Waals surface area contributed by atoms with Crippen LogP contribution >= 0.6 is 11.6 Å². The molecule has 0 bridgehead atoms. The van der Waals surface area contributed by atoms with Crippen LogP contribution in [0, 0.1) is 0 Å². The van der Waals surface area contributed by atoms with Gasteiger partial charge in [-0.1, -0.05) is 30.7 Å². The van der Waals surface area contributed by atoms with Crippen LogP contribution in [0.2, 0.25) is 5.02 Å². The van der Waals surface area contributed by atoms with E-state index in [1.54, 1.807) is 12.1 Å². The lowest BCUT2D eigenvalue weighted by atomic mass is 10.0. The minimum Gasteiger partial charge on any atom is -0.345 e. The predicted octanol–water partition coefficient (Wildman–Crippen LogP) is 3.62. The molecule has 0 aliphatic carbocycles. The molecule has 0 radical (unpaired) electrons. The zero-order valence-corrected chi connectivity index (χ0v) is 14.5. The van der Waals surface area contributed by atoms with Gasteiger partial charge in [0.15, 0.2) is 9.84 Å². The fourth-order valence-electron chi connectivity index (χ4n) is 2.21. The van der Waals surface area contributed by atoms with E-state index in [9.17, 15) is 13.2 Å². The molecule has 1 N–H and O–H groups in total. The van der Waals surface area contributed by atoms with Gasteiger partial charge < -0.3 is 5.32 Å². The Morgan fingerprint density at radius 1 is 1.09 bits per heavy atom. The first kappa shape index (κ1) is 17.5. The van der Waals surface area contributed by atoms with Crippen molar-refractivity contribution < 1.29 is 13.2 Å². The molecule has 0 heterocycles. The number of benzene rings is 2. The van der Waals surface area contributed by atoms with Crippen LogP contribution in [0.1, 0.15) is 35.3 Å². The molecule has 2 aromatic rings. The van der Waals surface area contributed by atoms with Crippen LogP contribution in [0.3, 0.4) is 0 Å². The fraction of sp³-hybridized carbons (Fsp3) is 0.235. The number of nitrogens with one attached hydrogen (secondary N) is 1. The van der Waals surface area contributed by atoms with Crippen LogP contribution in [0.4, 0.5) is 0 Å². The summed E-state index contributed by atoms with van der Waals surface area (Å²) >= 11 is 5.88. The first-order chi connectivity index (χ1) is 10.8. The molecule has 23 heavy (non-hydrogen) atoms. The molecule has 0 fully saturated rings. The monoisotopic (exact) mass is 351 g/mol. The maximum atomic E-state index is 12.3. The Morgan fingerprint density at radius 2 is 1.65 bits per heavy atom. The van der Waals surface area contributed by atoms with Gasteiger partial charge >= 0.3 is 0 Å². The van der Waals surface area contributed by atoms with Crippen molar-refractivity contribution in [1.29, 1.82) is 0 Å². The first-order valence-corrected chi connectivity index (χ1v) is 9.44. The van der Waals surface area contributed by atoms with Crippen molar-refractivity contribution in [2.24, 2.45) is 0 Å². The number of rotatable bonds is 5. The third-order valence-corrected chi connectivity index (χ3v) is 4.91. The highest BCUT2D eigenvalue weighted by atomic mass is 35.5. The van der Waals surface area contributed by atoms with E-state index in [0.29, 0.717) is 10.6 Å². The van der Waals surface area contributed by atoms with Crippen LogP contribution < -0.4 is 5.32 Å². The van der Waals surface area contributed by atoms with Gasteiger partial charge in [0.2, 0.25) is 0 Å². The van der Waals surface area contributed by atoms with E-state index in [1.807, 2.05) is 19.1 Å². The largest absolute Gasteiger partial charge is 0.345 e. The lowest BCUT2D eigenvalue weighted by Gasteiger charge is -2.17. The summed E-state index contributed by atoms with van der Waals surface area (Å²) < 4.78 is 22.9. The van der Waals surface area contributed by atoms with E-state index in [4.69, 9.17) is 11.6 Å². The normalized spacial score (nSPS) is 12.7. The second-order valence-electron chi connectivity index (χ2n) is 5.28. The highest BCUT2D eigenvalue weighted by Crippen LogP contribution is 2.20. The smallest absolute Gasteiger partial charge is 0.251 e. The molecule has 0 aromatic heterocycles. The number of amides is 1. The summed E-state index contributed by atoms with van der Waals surface area (Å²) in [5.74, 6) is -0.244. The quantitative estimate of drug-likeness (QED) is 0.894. The molecule has 0 saturated carbocycles. The zero-order chi connectivity index (χ0) is 17.0. The van der Waals surface area contributed by atoms with Gasteiger partial charge in [-0.15, -0.1) is 0 Å². The third-order valence-electron chi connectivity index (χ3n) is 3.53. The maximum Gasteiger partial charge on any atom is 0.251 e. The van der Waals surface area contributed by atoms with Gasteiger partial charge in [-0.2, -0.15) is 0 Å². The van der Waals surface area contributed by atoms with Crippen LogP contribution in [-0.4, -0.2) is 20.6 Å². The lowest BCUT2D eigenvalue weighted by molar-refractivity contribution is 0.0935. The SMILES string of the molecule is CC[C@@H](NC(=O)c1ccc(S(C)(=O)=O)cc1)c1ccc(Cl)cc1. The minimum atomic E-state index is -3.26. The lowest BCUT2D eigenvalue weighted by Crippen LogP contribution is -2.28. The number of hydrogen-bond acceptors (Lipinski definition) is 3. The molecule has 0 aliphatic heterocycles. The van der Waals surface area contributed by atoms with Gasteiger partial charge in [0.05, 0.1) is 10.9 Å². The summed E-state index contributed by atoms with van der Waals surface area (Å²) in [5.41, 5.74) is 1.39. The minimum absolute atomic E-state index is 0.130. The summed E-state index contributed by atoms with van der Waals surface area (Å²) in [6.45, 7) is 1.98. The van der Waals surface area contributed by atoms with Gasteiger partial charge in [-0.3, -0.25) is 4.79 Å². The average Bonchev–Trinajstić information content (AvgIpc) is 2.52. The Morgan fingerprint density at radius 3 is 2.13 bits per heavy atom. The Labute approximate surface area is 141 Å². The van der Waals surface area contributed by atoms with Crippen LogP contribution in [0.5, 0.6) is 0 Å². The number of sulfone groups is 1. The number of hydrogen-bond donors (Lipinski definition) is 1. The van der Waals surface area contributed by atoms with E-state index >= 15 is 0 Å². The van der Waals surface area contributed by atoms with E-state index in [-0.39, 0.29) is 16.8 Å². The Kier molecular flexibility index (Phi) is 5.44. The Hall–Kier alpha value is -1.85. The molecule has 1 amide bonds. The predicted molar refractivity (Wildman–Crippen MR) is 91.5 cm³/mol. The maximum absolute atomic E-state index is 12.3. The molecule has 0 spiro atoms. The van der Waals surface area contributed by atoms with Crippen LogP contribution in [0.15, 0.2) is 53.4 Å². The number of carbonyl (C=O) groups excluding carboxylic acids is 1. The molecule has 0 saturated heterocycles. The Balaban J connectivity index is 2.15. The molecule has 2 rings (SSSR count). The topological polar surface area (TPSA) is 63.2 Å². The van der Waals surface area contributed by atoms with Crippen molar-refractivity contribution in [3.63, 3.8) is 0 Å². The number of carbonyl (C=O) groups is 1. The van der Waals surface area contributed by atoms with Gasteiger partial charge in [0.25, 0.3) is 5.91 Å². The first-order valence-electron chi connectivity index (χ1n) is 7.17. The highest BCUT2D eigenvalue weighted by molar-refractivity contribution is 7.90. The van der Waals surface area contributed by atoms with Crippen molar-refractivity contribution in [3.8, 4) is 0 Å². The summed E-state index contributed by atoms with van der Waals surface area (Å²) in [6, 6.07) is 13.1. The van der Waals surface area contributed by atoms with E-state index < -0.39 is 9.84 Å². The Bertz CT molecular complexity index is 784. The van der Waals surface area contributed by atoms with E-state index in [1.165, 1.54) is 24.3 Å². The van der Waals surface area contributed by atoms with Crippen molar-refractivity contribution in [3.05, 3.63) is 64.7 Å². The standard InChI is InChI=1S/C17H18ClNO3S/c1-3-16(12-4-8-14(18)9-5-12)19-17(20)13-6-10-15(11-7-13)23(2,21)22/h4-11,16H,3H2,1-2H3,(H,19,20)/t16-/m1/s1. The van der Waals surface area contributed by atoms with Gasteiger partial charge in [-0.05, 0) is 48.4 Å². The van der Waals surface area contributed by atoms with Crippen LogP contribution in [-0.2, 0) is 9.84 Å². The summed E-state index contributed by atoms with van der Waals surface area (Å²) in [7, 11) is -3.26. The summed E-state index contributed by atoms with van der Waals surface area (Å²) in [4.78, 5) is 12.5. The van der Waals surface area contributed by atoms with E-state index in [2.05, 4.69) is 5.32 Å². The van der Waals surface area contributed by atoms with Crippen molar-refractivity contribution in [2.45, 2.75) is 24.3 Å². The van der Waals surface area contributed by atoms with Gasteiger partial charge in [0.1, 0.15) is 0 Å². The molecule has 1 atom stereocenters. The van der Waals surface area contributed by atoms with Crippen molar-refractivity contribution in [2.75, 3.05) is 6.26 Å². The average molecular weight is 352 g/mol. The van der Waals surface area contributed by atoms with E-state index in [0.717, 1.165) is 18.2 Å². The van der Waals surface area contributed by atoms with Crippen LogP contribution in [0.25, 0.3) is 0 Å². The summed E-state index contributed by atoms with van der Waals surface area (Å²) in [5, 5.41) is 3.59. The highest BCUT2D eigenvalue weighted by Gasteiger charge is 2.15. The second-order valence-corrected chi connectivity index (χ2v) is 7.73. The molecular formula is C17H18ClNO3S. The fourth-order valence-corrected chi connectivity index (χ4v) is 2.97. The third kappa shape index (κ3) is 4.56. The second kappa shape index (κ2) is 7.15. The molecule has 4 nitrogen and oxygen atoms in total.